The molecule has 8 heteroatoms. The van der Waals surface area contributed by atoms with Gasteiger partial charge in [-0.1, -0.05) is 72.8 Å². The number of hydrogen-bond acceptors (Lipinski definition) is 8. The van der Waals surface area contributed by atoms with Crippen molar-refractivity contribution in [3.05, 3.63) is 146 Å². The summed E-state index contributed by atoms with van der Waals surface area (Å²) in [6.45, 7) is 8.04. The zero-order valence-corrected chi connectivity index (χ0v) is 32.0. The van der Waals surface area contributed by atoms with E-state index >= 15 is 0 Å². The summed E-state index contributed by atoms with van der Waals surface area (Å²) in [6, 6.07) is 49.3. The zero-order chi connectivity index (χ0) is 37.8. The molecular weight excluding hydrogens is 685 g/mol. The Morgan fingerprint density at radius 1 is 0.418 bits per heavy atom. The fourth-order valence-corrected chi connectivity index (χ4v) is 6.83. The van der Waals surface area contributed by atoms with Crippen molar-refractivity contribution in [2.75, 3.05) is 83.4 Å². The Labute approximate surface area is 325 Å². The van der Waals surface area contributed by atoms with E-state index in [-0.39, 0.29) is 0 Å². The highest BCUT2D eigenvalue weighted by Gasteiger charge is 2.20. The van der Waals surface area contributed by atoms with E-state index in [2.05, 4.69) is 112 Å². The van der Waals surface area contributed by atoms with E-state index in [9.17, 15) is 0 Å². The molecule has 282 valence electrons. The minimum absolute atomic E-state index is 0.803. The van der Waals surface area contributed by atoms with Crippen LogP contribution in [0.25, 0.3) is 22.3 Å². The first-order chi connectivity index (χ1) is 27.1. The van der Waals surface area contributed by atoms with E-state index in [1.165, 1.54) is 11.1 Å². The van der Waals surface area contributed by atoms with Crippen LogP contribution in [-0.4, -0.2) is 78.5 Å². The number of benzene rings is 6. The maximum Gasteiger partial charge on any atom is 0.151 e. The number of ether oxygens (including phenoxy) is 4. The summed E-state index contributed by atoms with van der Waals surface area (Å²) in [7, 11) is 5.51. The molecule has 0 atom stereocenters. The predicted molar refractivity (Wildman–Crippen MR) is 225 cm³/mol. The van der Waals surface area contributed by atoms with Crippen molar-refractivity contribution in [2.45, 2.75) is 0 Å². The quantitative estimate of drug-likeness (QED) is 0.150. The van der Waals surface area contributed by atoms with Gasteiger partial charge in [0.25, 0.3) is 0 Å². The van der Waals surface area contributed by atoms with Gasteiger partial charge in [0, 0.05) is 52.4 Å². The third-order valence-electron chi connectivity index (χ3n) is 10.0. The van der Waals surface area contributed by atoms with Crippen LogP contribution in [0.2, 0.25) is 0 Å². The standard InChI is InChI=1S/C24H26N2O2.C23H24N2O2/c1-25-14-16-26(17-15-25)23-13-8-20(19-6-4-3-5-7-19)18-24(23)28-22-11-9-21(27-2)10-12-22;1-26-20-8-10-21(11-9-20)27-23-17-19(18-5-3-2-4-6-18)7-12-22(23)25-15-13-24-14-16-25/h3-13,18H,14-17H2,1-2H3;2-12,17,24H,13-16H2,1H3. The second kappa shape index (κ2) is 18.4. The van der Waals surface area contributed by atoms with Crippen molar-refractivity contribution in [2.24, 2.45) is 0 Å². The molecule has 0 bridgehead atoms. The molecule has 55 heavy (non-hydrogen) atoms. The molecule has 0 aliphatic carbocycles. The first kappa shape index (κ1) is 37.4. The third-order valence-corrected chi connectivity index (χ3v) is 10.0. The van der Waals surface area contributed by atoms with Crippen LogP contribution >= 0.6 is 0 Å². The minimum atomic E-state index is 0.803. The largest absolute Gasteiger partial charge is 0.497 e. The van der Waals surface area contributed by atoms with Crippen LogP contribution in [0.5, 0.6) is 34.5 Å². The lowest BCUT2D eigenvalue weighted by atomic mass is 10.0. The molecule has 0 unspecified atom stereocenters. The molecule has 2 saturated heterocycles. The van der Waals surface area contributed by atoms with Gasteiger partial charge in [-0.3, -0.25) is 0 Å². The van der Waals surface area contributed by atoms with E-state index in [1.807, 2.05) is 60.7 Å². The van der Waals surface area contributed by atoms with E-state index in [0.717, 1.165) is 109 Å². The summed E-state index contributed by atoms with van der Waals surface area (Å²) in [5, 5.41) is 3.41. The average Bonchev–Trinajstić information content (AvgIpc) is 3.26. The van der Waals surface area contributed by atoms with Crippen LogP contribution in [0.1, 0.15) is 0 Å². The summed E-state index contributed by atoms with van der Waals surface area (Å²) < 4.78 is 23.1. The van der Waals surface area contributed by atoms with Gasteiger partial charge in [0.2, 0.25) is 0 Å². The molecule has 8 nitrogen and oxygen atoms in total. The monoisotopic (exact) mass is 734 g/mol. The van der Waals surface area contributed by atoms with Gasteiger partial charge in [0.05, 0.1) is 25.6 Å². The number of nitrogens with one attached hydrogen (secondary N) is 1. The molecule has 8 rings (SSSR count). The first-order valence-electron chi connectivity index (χ1n) is 19.0. The topological polar surface area (TPSA) is 58.7 Å². The van der Waals surface area contributed by atoms with Crippen molar-refractivity contribution in [1.29, 1.82) is 0 Å². The molecular formula is C47H50N4O4. The highest BCUT2D eigenvalue weighted by atomic mass is 16.5. The number of hydrogen-bond donors (Lipinski definition) is 1. The Balaban J connectivity index is 0.000000169. The van der Waals surface area contributed by atoms with E-state index in [0.29, 0.717) is 0 Å². The molecule has 1 N–H and O–H groups in total. The summed E-state index contributed by atoms with van der Waals surface area (Å²) in [4.78, 5) is 7.15. The lowest BCUT2D eigenvalue weighted by Crippen LogP contribution is -2.44. The van der Waals surface area contributed by atoms with Crippen LogP contribution < -0.4 is 34.1 Å². The summed E-state index contributed by atoms with van der Waals surface area (Å²) >= 11 is 0. The van der Waals surface area contributed by atoms with Crippen LogP contribution in [-0.2, 0) is 0 Å². The summed E-state index contributed by atoms with van der Waals surface area (Å²) in [5.74, 6) is 5.02. The van der Waals surface area contributed by atoms with Crippen LogP contribution in [0.3, 0.4) is 0 Å². The van der Waals surface area contributed by atoms with E-state index in [1.54, 1.807) is 14.2 Å². The SMILES string of the molecule is COc1ccc(Oc2cc(-c3ccccc3)ccc2N2CCN(C)CC2)cc1.COc1ccc(Oc2cc(-c3ccccc3)ccc2N2CCNCC2)cc1. The van der Waals surface area contributed by atoms with Gasteiger partial charge in [0.15, 0.2) is 11.5 Å². The maximum absolute atomic E-state index is 6.34. The normalized spacial score (nSPS) is 14.4. The molecule has 6 aromatic carbocycles. The Kier molecular flexibility index (Phi) is 12.5. The molecule has 0 radical (unpaired) electrons. The van der Waals surface area contributed by atoms with E-state index in [4.69, 9.17) is 18.9 Å². The molecule has 2 aliphatic heterocycles. The Bertz CT molecular complexity index is 2080. The number of methoxy groups -OCH3 is 2. The number of anilines is 2. The lowest BCUT2D eigenvalue weighted by molar-refractivity contribution is 0.312. The maximum atomic E-state index is 6.34. The van der Waals surface area contributed by atoms with Gasteiger partial charge in [-0.25, -0.2) is 0 Å². The smallest absolute Gasteiger partial charge is 0.151 e. The average molecular weight is 735 g/mol. The Morgan fingerprint density at radius 2 is 0.818 bits per heavy atom. The van der Waals surface area contributed by atoms with Crippen molar-refractivity contribution >= 4 is 11.4 Å². The minimum Gasteiger partial charge on any atom is -0.497 e. The molecule has 2 heterocycles. The van der Waals surface area contributed by atoms with E-state index < -0.39 is 0 Å². The zero-order valence-electron chi connectivity index (χ0n) is 32.0. The van der Waals surface area contributed by atoms with Gasteiger partial charge in [-0.2, -0.15) is 0 Å². The van der Waals surface area contributed by atoms with Crippen LogP contribution in [0.15, 0.2) is 146 Å². The molecule has 2 aliphatic rings. The van der Waals surface area contributed by atoms with Gasteiger partial charge in [0.1, 0.15) is 23.0 Å². The Hall–Kier alpha value is -5.96. The summed E-state index contributed by atoms with van der Waals surface area (Å²) in [5.41, 5.74) is 6.95. The fourth-order valence-electron chi connectivity index (χ4n) is 6.83. The molecule has 0 spiro atoms. The number of likely N-dealkylation sites (N-methyl/N-ethyl adjacent to an activating group) is 1. The second-order valence-corrected chi connectivity index (χ2v) is 13.7. The van der Waals surface area contributed by atoms with Crippen LogP contribution in [0.4, 0.5) is 11.4 Å². The van der Waals surface area contributed by atoms with Gasteiger partial charge < -0.3 is 39.0 Å². The van der Waals surface area contributed by atoms with Gasteiger partial charge >= 0.3 is 0 Å². The fraction of sp³-hybridized carbons (Fsp3) is 0.234. The van der Waals surface area contributed by atoms with Crippen molar-refractivity contribution in [3.8, 4) is 56.8 Å². The molecule has 0 saturated carbocycles. The van der Waals surface area contributed by atoms with Crippen molar-refractivity contribution in [1.82, 2.24) is 10.2 Å². The molecule has 2 fully saturated rings. The van der Waals surface area contributed by atoms with Crippen molar-refractivity contribution < 1.29 is 18.9 Å². The molecule has 0 amide bonds. The second-order valence-electron chi connectivity index (χ2n) is 13.7. The lowest BCUT2D eigenvalue weighted by Gasteiger charge is -2.35. The van der Waals surface area contributed by atoms with Crippen molar-refractivity contribution in [3.63, 3.8) is 0 Å². The highest BCUT2D eigenvalue weighted by molar-refractivity contribution is 5.73. The first-order valence-corrected chi connectivity index (χ1v) is 19.0. The predicted octanol–water partition coefficient (Wildman–Crippen LogP) is 9.47. The summed E-state index contributed by atoms with van der Waals surface area (Å²) in [6.07, 6.45) is 0. The third kappa shape index (κ3) is 9.78. The molecule has 0 aromatic heterocycles. The van der Waals surface area contributed by atoms with Gasteiger partial charge in [-0.15, -0.1) is 0 Å². The number of piperazine rings is 2. The Morgan fingerprint density at radius 3 is 1.24 bits per heavy atom. The van der Waals surface area contributed by atoms with Crippen LogP contribution in [0, 0.1) is 0 Å². The molecule has 6 aromatic rings. The van der Waals surface area contributed by atoms with Gasteiger partial charge in [-0.05, 0) is 102 Å². The number of rotatable bonds is 10. The number of nitrogens with zero attached hydrogens (tertiary/aromatic N) is 3. The highest BCUT2D eigenvalue weighted by Crippen LogP contribution is 2.39.